The minimum absolute atomic E-state index is 0.698. The summed E-state index contributed by atoms with van der Waals surface area (Å²) in [6.07, 6.45) is 1.11. The number of nitrogens with one attached hydrogen (secondary N) is 1. The predicted molar refractivity (Wildman–Crippen MR) is 77.8 cm³/mol. The fourth-order valence-electron chi connectivity index (χ4n) is 2.07. The molecule has 1 aromatic heterocycles. The number of rotatable bonds is 5. The Hall–Kier alpha value is -1.39. The van der Waals surface area contributed by atoms with Crippen LogP contribution in [0.25, 0.3) is 5.69 Å². The monoisotopic (exact) mass is 278 g/mol. The van der Waals surface area contributed by atoms with E-state index >= 15 is 0 Å². The number of para-hydroxylation sites is 1. The summed E-state index contributed by atoms with van der Waals surface area (Å²) < 4.78 is 1.82. The van der Waals surface area contributed by atoms with Gasteiger partial charge in [0, 0.05) is 6.54 Å². The van der Waals surface area contributed by atoms with E-state index in [0.717, 1.165) is 42.4 Å². The molecule has 1 heterocycles. The van der Waals surface area contributed by atoms with Crippen LogP contribution in [0.15, 0.2) is 18.2 Å². The molecule has 0 fully saturated rings. The predicted octanol–water partition coefficient (Wildman–Crippen LogP) is 3.04. The maximum absolute atomic E-state index is 6.34. The van der Waals surface area contributed by atoms with Gasteiger partial charge in [-0.1, -0.05) is 30.7 Å². The van der Waals surface area contributed by atoms with Crippen LogP contribution in [0.2, 0.25) is 5.02 Å². The third-order valence-electron chi connectivity index (χ3n) is 2.90. The zero-order chi connectivity index (χ0) is 13.8. The van der Waals surface area contributed by atoms with Gasteiger partial charge in [0.15, 0.2) is 0 Å². The van der Waals surface area contributed by atoms with E-state index in [9.17, 15) is 0 Å². The molecule has 5 heteroatoms. The fourth-order valence-corrected chi connectivity index (χ4v) is 2.35. The lowest BCUT2D eigenvalue weighted by Gasteiger charge is -2.13. The molecule has 0 aliphatic rings. The zero-order valence-electron chi connectivity index (χ0n) is 11.6. The standard InChI is InChI=1S/C14H19ClN4/c1-4-8-16-9-12-6-5-7-13(15)14(12)19-11(3)17-10(2)18-19/h5-7,16H,4,8-9H2,1-3H3. The van der Waals surface area contributed by atoms with E-state index < -0.39 is 0 Å². The number of halogens is 1. The molecule has 0 atom stereocenters. The summed E-state index contributed by atoms with van der Waals surface area (Å²) in [4.78, 5) is 4.34. The van der Waals surface area contributed by atoms with Crippen LogP contribution in [0.4, 0.5) is 0 Å². The van der Waals surface area contributed by atoms with Gasteiger partial charge in [0.2, 0.25) is 0 Å². The molecule has 0 aliphatic carbocycles. The minimum atomic E-state index is 0.698. The minimum Gasteiger partial charge on any atom is -0.313 e. The van der Waals surface area contributed by atoms with Gasteiger partial charge in [-0.05, 0) is 38.4 Å². The molecular weight excluding hydrogens is 260 g/mol. The highest BCUT2D eigenvalue weighted by atomic mass is 35.5. The van der Waals surface area contributed by atoms with E-state index in [1.807, 2.05) is 30.7 Å². The van der Waals surface area contributed by atoms with Crippen LogP contribution in [0, 0.1) is 13.8 Å². The normalized spacial score (nSPS) is 10.9. The van der Waals surface area contributed by atoms with Gasteiger partial charge in [-0.15, -0.1) is 0 Å². The van der Waals surface area contributed by atoms with Crippen molar-refractivity contribution in [1.82, 2.24) is 20.1 Å². The molecule has 0 amide bonds. The Morgan fingerprint density at radius 2 is 2.11 bits per heavy atom. The third-order valence-corrected chi connectivity index (χ3v) is 3.20. The first-order chi connectivity index (χ1) is 9.13. The summed E-state index contributed by atoms with van der Waals surface area (Å²) >= 11 is 6.34. The second-order valence-corrected chi connectivity index (χ2v) is 4.95. The Morgan fingerprint density at radius 3 is 2.74 bits per heavy atom. The summed E-state index contributed by atoms with van der Waals surface area (Å²) in [5.74, 6) is 1.60. The van der Waals surface area contributed by atoms with E-state index in [0.29, 0.717) is 5.02 Å². The van der Waals surface area contributed by atoms with Crippen molar-refractivity contribution >= 4 is 11.6 Å². The van der Waals surface area contributed by atoms with E-state index in [-0.39, 0.29) is 0 Å². The Bertz CT molecular complexity index is 563. The van der Waals surface area contributed by atoms with Crippen molar-refractivity contribution in [2.75, 3.05) is 6.54 Å². The van der Waals surface area contributed by atoms with E-state index in [4.69, 9.17) is 11.6 Å². The molecule has 102 valence electrons. The SMILES string of the molecule is CCCNCc1cccc(Cl)c1-n1nc(C)nc1C. The van der Waals surface area contributed by atoms with Crippen LogP contribution < -0.4 is 5.32 Å². The molecular formula is C14H19ClN4. The van der Waals surface area contributed by atoms with Gasteiger partial charge in [-0.25, -0.2) is 9.67 Å². The van der Waals surface area contributed by atoms with Gasteiger partial charge in [0.25, 0.3) is 0 Å². The number of nitrogens with zero attached hydrogens (tertiary/aromatic N) is 3. The number of hydrogen-bond donors (Lipinski definition) is 1. The molecule has 0 aliphatic heterocycles. The third kappa shape index (κ3) is 3.14. The van der Waals surface area contributed by atoms with Crippen molar-refractivity contribution in [3.05, 3.63) is 40.4 Å². The van der Waals surface area contributed by atoms with E-state index in [1.54, 1.807) is 0 Å². The largest absolute Gasteiger partial charge is 0.313 e. The second kappa shape index (κ2) is 6.17. The van der Waals surface area contributed by atoms with Gasteiger partial charge >= 0.3 is 0 Å². The Kier molecular flexibility index (Phi) is 4.56. The van der Waals surface area contributed by atoms with Gasteiger partial charge in [0.1, 0.15) is 11.6 Å². The zero-order valence-corrected chi connectivity index (χ0v) is 12.3. The summed E-state index contributed by atoms with van der Waals surface area (Å²) in [7, 11) is 0. The molecule has 0 radical (unpaired) electrons. The smallest absolute Gasteiger partial charge is 0.148 e. The summed E-state index contributed by atoms with van der Waals surface area (Å²) in [5, 5.41) is 8.52. The van der Waals surface area contributed by atoms with Crippen molar-refractivity contribution in [1.29, 1.82) is 0 Å². The maximum atomic E-state index is 6.34. The summed E-state index contributed by atoms with van der Waals surface area (Å²) in [6.45, 7) is 7.74. The second-order valence-electron chi connectivity index (χ2n) is 4.54. The first kappa shape index (κ1) is 14.0. The lowest BCUT2D eigenvalue weighted by molar-refractivity contribution is 0.669. The Balaban J connectivity index is 2.40. The van der Waals surface area contributed by atoms with E-state index in [1.165, 1.54) is 0 Å². The first-order valence-electron chi connectivity index (χ1n) is 6.52. The topological polar surface area (TPSA) is 42.7 Å². The highest BCUT2D eigenvalue weighted by Gasteiger charge is 2.13. The molecule has 2 aromatic rings. The lowest BCUT2D eigenvalue weighted by atomic mass is 10.1. The van der Waals surface area contributed by atoms with Crippen LogP contribution in [-0.2, 0) is 6.54 Å². The molecule has 0 saturated heterocycles. The molecule has 19 heavy (non-hydrogen) atoms. The van der Waals surface area contributed by atoms with Gasteiger partial charge in [-0.2, -0.15) is 5.10 Å². The molecule has 1 N–H and O–H groups in total. The summed E-state index contributed by atoms with van der Waals surface area (Å²) in [5.41, 5.74) is 2.06. The van der Waals surface area contributed by atoms with Crippen LogP contribution in [-0.4, -0.2) is 21.3 Å². The number of aromatic nitrogens is 3. The average Bonchev–Trinajstić information content (AvgIpc) is 2.69. The number of hydrogen-bond acceptors (Lipinski definition) is 3. The molecule has 2 rings (SSSR count). The van der Waals surface area contributed by atoms with E-state index in [2.05, 4.69) is 28.4 Å². The van der Waals surface area contributed by atoms with Crippen LogP contribution in [0.1, 0.15) is 30.6 Å². The van der Waals surface area contributed by atoms with Crippen molar-refractivity contribution in [2.45, 2.75) is 33.7 Å². The number of benzene rings is 1. The highest BCUT2D eigenvalue weighted by molar-refractivity contribution is 6.32. The Morgan fingerprint density at radius 1 is 1.32 bits per heavy atom. The first-order valence-corrected chi connectivity index (χ1v) is 6.90. The number of aryl methyl sites for hydroxylation is 2. The fraction of sp³-hybridized carbons (Fsp3) is 0.429. The van der Waals surface area contributed by atoms with Crippen LogP contribution in [0.3, 0.4) is 0 Å². The molecule has 0 spiro atoms. The van der Waals surface area contributed by atoms with Gasteiger partial charge < -0.3 is 5.32 Å². The molecule has 0 saturated carbocycles. The summed E-state index contributed by atoms with van der Waals surface area (Å²) in [6, 6.07) is 5.92. The Labute approximate surface area is 118 Å². The quantitative estimate of drug-likeness (QED) is 0.855. The average molecular weight is 279 g/mol. The van der Waals surface area contributed by atoms with Crippen LogP contribution >= 0.6 is 11.6 Å². The molecule has 4 nitrogen and oxygen atoms in total. The van der Waals surface area contributed by atoms with Crippen molar-refractivity contribution in [2.24, 2.45) is 0 Å². The maximum Gasteiger partial charge on any atom is 0.148 e. The molecule has 0 bridgehead atoms. The van der Waals surface area contributed by atoms with Crippen molar-refractivity contribution < 1.29 is 0 Å². The molecule has 0 unspecified atom stereocenters. The van der Waals surface area contributed by atoms with Crippen molar-refractivity contribution in [3.63, 3.8) is 0 Å². The van der Waals surface area contributed by atoms with Gasteiger partial charge in [0.05, 0.1) is 10.7 Å². The van der Waals surface area contributed by atoms with Crippen LogP contribution in [0.5, 0.6) is 0 Å². The highest BCUT2D eigenvalue weighted by Crippen LogP contribution is 2.25. The lowest BCUT2D eigenvalue weighted by Crippen LogP contribution is -2.16. The van der Waals surface area contributed by atoms with Gasteiger partial charge in [-0.3, -0.25) is 0 Å². The molecule has 1 aromatic carbocycles. The van der Waals surface area contributed by atoms with Crippen molar-refractivity contribution in [3.8, 4) is 5.69 Å².